The standard InChI is InChI=1S/C11H21N3O/c1-10-11(9-13-14-10)8-12-6-4-2-3-5-7-15/h9,12,15H,2-8H2,1H3,(H,13,14). The van der Waals surface area contributed by atoms with Gasteiger partial charge in [0.2, 0.25) is 0 Å². The number of aliphatic hydroxyl groups is 1. The van der Waals surface area contributed by atoms with Gasteiger partial charge in [-0.2, -0.15) is 5.10 Å². The van der Waals surface area contributed by atoms with E-state index in [-0.39, 0.29) is 0 Å². The molecule has 0 saturated carbocycles. The minimum atomic E-state index is 0.321. The van der Waals surface area contributed by atoms with E-state index in [1.54, 1.807) is 0 Å². The maximum Gasteiger partial charge on any atom is 0.0535 e. The van der Waals surface area contributed by atoms with Crippen molar-refractivity contribution in [2.75, 3.05) is 13.2 Å². The van der Waals surface area contributed by atoms with Crippen LogP contribution in [0.5, 0.6) is 0 Å². The Hall–Kier alpha value is -0.870. The van der Waals surface area contributed by atoms with Crippen molar-refractivity contribution >= 4 is 0 Å². The highest BCUT2D eigenvalue weighted by molar-refractivity contribution is 5.13. The van der Waals surface area contributed by atoms with Crippen LogP contribution in [0.25, 0.3) is 0 Å². The van der Waals surface area contributed by atoms with Gasteiger partial charge >= 0.3 is 0 Å². The first kappa shape index (κ1) is 12.2. The summed E-state index contributed by atoms with van der Waals surface area (Å²) in [7, 11) is 0. The van der Waals surface area contributed by atoms with Crippen LogP contribution in [-0.4, -0.2) is 28.5 Å². The molecule has 15 heavy (non-hydrogen) atoms. The van der Waals surface area contributed by atoms with Gasteiger partial charge in [-0.3, -0.25) is 5.10 Å². The highest BCUT2D eigenvalue weighted by atomic mass is 16.2. The molecule has 0 aliphatic rings. The molecule has 4 heteroatoms. The normalized spacial score (nSPS) is 10.8. The van der Waals surface area contributed by atoms with E-state index >= 15 is 0 Å². The van der Waals surface area contributed by atoms with Gasteiger partial charge in [0.1, 0.15) is 0 Å². The summed E-state index contributed by atoms with van der Waals surface area (Å²) in [6.07, 6.45) is 6.30. The largest absolute Gasteiger partial charge is 0.396 e. The minimum Gasteiger partial charge on any atom is -0.396 e. The summed E-state index contributed by atoms with van der Waals surface area (Å²) in [4.78, 5) is 0. The molecule has 0 radical (unpaired) electrons. The zero-order chi connectivity index (χ0) is 10.9. The fourth-order valence-corrected chi connectivity index (χ4v) is 1.49. The lowest BCUT2D eigenvalue weighted by Gasteiger charge is -2.03. The van der Waals surface area contributed by atoms with Gasteiger partial charge < -0.3 is 10.4 Å². The smallest absolute Gasteiger partial charge is 0.0535 e. The molecule has 1 rings (SSSR count). The zero-order valence-corrected chi connectivity index (χ0v) is 9.42. The first-order valence-corrected chi connectivity index (χ1v) is 5.65. The zero-order valence-electron chi connectivity index (χ0n) is 9.42. The van der Waals surface area contributed by atoms with Crippen LogP contribution in [0.15, 0.2) is 6.20 Å². The van der Waals surface area contributed by atoms with Gasteiger partial charge in [-0.15, -0.1) is 0 Å². The Morgan fingerprint density at radius 3 is 2.80 bits per heavy atom. The molecule has 3 N–H and O–H groups in total. The van der Waals surface area contributed by atoms with Crippen LogP contribution in [-0.2, 0) is 6.54 Å². The number of nitrogens with one attached hydrogen (secondary N) is 2. The Balaban J connectivity index is 1.96. The van der Waals surface area contributed by atoms with Crippen molar-refractivity contribution in [2.45, 2.75) is 39.2 Å². The number of hydrogen-bond acceptors (Lipinski definition) is 3. The molecule has 1 heterocycles. The lowest BCUT2D eigenvalue weighted by molar-refractivity contribution is 0.282. The lowest BCUT2D eigenvalue weighted by Crippen LogP contribution is -2.14. The second-order valence-electron chi connectivity index (χ2n) is 3.83. The molecule has 0 aliphatic heterocycles. The molecule has 4 nitrogen and oxygen atoms in total. The van der Waals surface area contributed by atoms with Gasteiger partial charge in [0.25, 0.3) is 0 Å². The first-order chi connectivity index (χ1) is 7.34. The SMILES string of the molecule is Cc1[nH]ncc1CNCCCCCCO. The van der Waals surface area contributed by atoms with Gasteiger partial charge in [0.15, 0.2) is 0 Å². The Bertz CT molecular complexity index is 260. The maximum absolute atomic E-state index is 8.60. The lowest BCUT2D eigenvalue weighted by atomic mass is 10.2. The predicted molar refractivity (Wildman–Crippen MR) is 60.6 cm³/mol. The van der Waals surface area contributed by atoms with Crippen LogP contribution in [0.2, 0.25) is 0 Å². The molecule has 0 atom stereocenters. The van der Waals surface area contributed by atoms with E-state index in [1.807, 2.05) is 13.1 Å². The highest BCUT2D eigenvalue weighted by Gasteiger charge is 1.98. The van der Waals surface area contributed by atoms with E-state index < -0.39 is 0 Å². The Morgan fingerprint density at radius 2 is 2.13 bits per heavy atom. The van der Waals surface area contributed by atoms with Crippen molar-refractivity contribution in [1.82, 2.24) is 15.5 Å². The predicted octanol–water partition coefficient (Wildman–Crippen LogP) is 1.36. The van der Waals surface area contributed by atoms with E-state index in [0.29, 0.717) is 6.61 Å². The van der Waals surface area contributed by atoms with Gasteiger partial charge in [0.05, 0.1) is 6.20 Å². The van der Waals surface area contributed by atoms with E-state index in [2.05, 4.69) is 15.5 Å². The second-order valence-corrected chi connectivity index (χ2v) is 3.83. The third-order valence-electron chi connectivity index (χ3n) is 2.51. The Morgan fingerprint density at radius 1 is 1.33 bits per heavy atom. The molecule has 0 saturated heterocycles. The molecular weight excluding hydrogens is 190 g/mol. The van der Waals surface area contributed by atoms with Crippen molar-refractivity contribution in [2.24, 2.45) is 0 Å². The summed E-state index contributed by atoms with van der Waals surface area (Å²) in [5.74, 6) is 0. The quantitative estimate of drug-likeness (QED) is 0.569. The average molecular weight is 211 g/mol. The molecule has 0 spiro atoms. The number of nitrogens with zero attached hydrogens (tertiary/aromatic N) is 1. The van der Waals surface area contributed by atoms with Crippen molar-refractivity contribution < 1.29 is 5.11 Å². The average Bonchev–Trinajstić information content (AvgIpc) is 2.63. The monoisotopic (exact) mass is 211 g/mol. The minimum absolute atomic E-state index is 0.321. The fourth-order valence-electron chi connectivity index (χ4n) is 1.49. The number of hydrogen-bond donors (Lipinski definition) is 3. The summed E-state index contributed by atoms with van der Waals surface area (Å²) in [5, 5.41) is 18.9. The topological polar surface area (TPSA) is 60.9 Å². The first-order valence-electron chi connectivity index (χ1n) is 5.65. The van der Waals surface area contributed by atoms with Crippen LogP contribution in [0.4, 0.5) is 0 Å². The van der Waals surface area contributed by atoms with Crippen LogP contribution >= 0.6 is 0 Å². The highest BCUT2D eigenvalue weighted by Crippen LogP contribution is 2.02. The van der Waals surface area contributed by atoms with Gasteiger partial charge in [-0.05, 0) is 26.3 Å². The number of H-pyrrole nitrogens is 1. The van der Waals surface area contributed by atoms with Crippen molar-refractivity contribution in [3.8, 4) is 0 Å². The van der Waals surface area contributed by atoms with E-state index in [1.165, 1.54) is 18.4 Å². The molecule has 1 aromatic rings. The molecule has 86 valence electrons. The Kier molecular flexibility index (Phi) is 6.04. The number of aromatic amines is 1. The van der Waals surface area contributed by atoms with Gasteiger partial charge in [-0.25, -0.2) is 0 Å². The molecule has 0 unspecified atom stereocenters. The molecule has 0 fully saturated rings. The summed E-state index contributed by atoms with van der Waals surface area (Å²) in [5.41, 5.74) is 2.38. The molecule has 0 aromatic carbocycles. The molecule has 0 bridgehead atoms. The maximum atomic E-state index is 8.60. The summed E-state index contributed by atoms with van der Waals surface area (Å²) in [6, 6.07) is 0. The van der Waals surface area contributed by atoms with Crippen molar-refractivity contribution in [3.05, 3.63) is 17.5 Å². The number of aliphatic hydroxyl groups excluding tert-OH is 1. The van der Waals surface area contributed by atoms with E-state index in [4.69, 9.17) is 5.11 Å². The third kappa shape index (κ3) is 4.95. The van der Waals surface area contributed by atoms with Crippen molar-refractivity contribution in [3.63, 3.8) is 0 Å². The van der Waals surface area contributed by atoms with Gasteiger partial charge in [0, 0.05) is 24.4 Å². The van der Waals surface area contributed by atoms with E-state index in [0.717, 1.165) is 31.6 Å². The second kappa shape index (κ2) is 7.43. The number of aromatic nitrogens is 2. The number of aryl methyl sites for hydroxylation is 1. The van der Waals surface area contributed by atoms with Crippen LogP contribution < -0.4 is 5.32 Å². The molecular formula is C11H21N3O. The molecule has 0 amide bonds. The summed E-state index contributed by atoms with van der Waals surface area (Å²) in [6.45, 7) is 4.28. The van der Waals surface area contributed by atoms with Crippen LogP contribution in [0, 0.1) is 6.92 Å². The molecule has 0 aliphatic carbocycles. The van der Waals surface area contributed by atoms with Gasteiger partial charge in [-0.1, -0.05) is 12.8 Å². The molecule has 1 aromatic heterocycles. The number of unbranched alkanes of at least 4 members (excludes halogenated alkanes) is 3. The Labute approximate surface area is 91.1 Å². The van der Waals surface area contributed by atoms with Crippen LogP contribution in [0.1, 0.15) is 36.9 Å². The summed E-state index contributed by atoms with van der Waals surface area (Å²) < 4.78 is 0. The van der Waals surface area contributed by atoms with E-state index in [9.17, 15) is 0 Å². The van der Waals surface area contributed by atoms with Crippen LogP contribution in [0.3, 0.4) is 0 Å². The van der Waals surface area contributed by atoms with Crippen molar-refractivity contribution in [1.29, 1.82) is 0 Å². The third-order valence-corrected chi connectivity index (χ3v) is 2.51. The number of rotatable bonds is 8. The fraction of sp³-hybridized carbons (Fsp3) is 0.727. The summed E-state index contributed by atoms with van der Waals surface area (Å²) >= 11 is 0.